The van der Waals surface area contributed by atoms with Crippen LogP contribution in [0.25, 0.3) is 0 Å². The molecular weight excluding hydrogens is 290 g/mol. The number of hydrogen-bond acceptors (Lipinski definition) is 6. The van der Waals surface area contributed by atoms with Gasteiger partial charge in [-0.25, -0.2) is 9.67 Å². The van der Waals surface area contributed by atoms with E-state index < -0.39 is 0 Å². The van der Waals surface area contributed by atoms with Crippen LogP contribution in [0.4, 0.5) is 5.82 Å². The Kier molecular flexibility index (Phi) is 3.95. The normalized spacial score (nSPS) is 21.7. The summed E-state index contributed by atoms with van der Waals surface area (Å²) in [5, 5.41) is 15.6. The summed E-state index contributed by atoms with van der Waals surface area (Å²) in [5.74, 6) is 2.64. The van der Waals surface area contributed by atoms with Gasteiger partial charge in [0.05, 0.1) is 12.6 Å². The number of aryl methyl sites for hydroxylation is 1. The lowest BCUT2D eigenvalue weighted by Crippen LogP contribution is -2.24. The second kappa shape index (κ2) is 6.23. The lowest BCUT2D eigenvalue weighted by atomic mass is 10.1. The van der Waals surface area contributed by atoms with Crippen LogP contribution in [-0.2, 0) is 6.54 Å². The molecule has 7 heteroatoms. The fourth-order valence-corrected chi connectivity index (χ4v) is 3.23. The van der Waals surface area contributed by atoms with Crippen molar-refractivity contribution in [2.75, 3.05) is 25.0 Å². The molecule has 0 spiro atoms. The fraction of sp³-hybridized carbons (Fsp3) is 0.625. The van der Waals surface area contributed by atoms with Crippen molar-refractivity contribution in [3.05, 3.63) is 29.7 Å². The van der Waals surface area contributed by atoms with Gasteiger partial charge in [-0.15, -0.1) is 5.10 Å². The molecule has 2 aliphatic rings. The summed E-state index contributed by atoms with van der Waals surface area (Å²) >= 11 is 0. The van der Waals surface area contributed by atoms with Gasteiger partial charge < -0.3 is 5.32 Å². The average molecular weight is 313 g/mol. The van der Waals surface area contributed by atoms with Crippen LogP contribution in [0.1, 0.15) is 36.8 Å². The van der Waals surface area contributed by atoms with Crippen molar-refractivity contribution in [1.82, 2.24) is 30.1 Å². The third-order valence-corrected chi connectivity index (χ3v) is 4.65. The molecule has 1 saturated carbocycles. The van der Waals surface area contributed by atoms with Crippen LogP contribution in [0.5, 0.6) is 0 Å². The van der Waals surface area contributed by atoms with Crippen LogP contribution in [0.2, 0.25) is 0 Å². The first-order chi connectivity index (χ1) is 11.3. The highest BCUT2D eigenvalue weighted by molar-refractivity contribution is 5.35. The van der Waals surface area contributed by atoms with Crippen molar-refractivity contribution in [1.29, 1.82) is 0 Å². The summed E-state index contributed by atoms with van der Waals surface area (Å²) in [7, 11) is 0. The number of rotatable bonds is 6. The standard InChI is InChI=1S/C16H23N7/c1-12-3-2-4-15(18-12)17-9-13-7-8-22(10-13)11-16-19-20-21-23(16)14-5-6-14/h2-4,13-14H,5-11H2,1H3,(H,17,18)/t13-/m0/s1. The van der Waals surface area contributed by atoms with E-state index >= 15 is 0 Å². The second-order valence-corrected chi connectivity index (χ2v) is 6.71. The molecule has 1 N–H and O–H groups in total. The summed E-state index contributed by atoms with van der Waals surface area (Å²) in [4.78, 5) is 6.96. The third-order valence-electron chi connectivity index (χ3n) is 4.65. The molecule has 1 atom stereocenters. The van der Waals surface area contributed by atoms with E-state index in [0.29, 0.717) is 12.0 Å². The molecule has 1 aliphatic carbocycles. The van der Waals surface area contributed by atoms with Gasteiger partial charge in [-0.1, -0.05) is 6.07 Å². The zero-order chi connectivity index (χ0) is 15.6. The van der Waals surface area contributed by atoms with E-state index in [1.165, 1.54) is 19.3 Å². The number of pyridine rings is 1. The highest BCUT2D eigenvalue weighted by atomic mass is 15.6. The smallest absolute Gasteiger partial charge is 0.165 e. The minimum Gasteiger partial charge on any atom is -0.370 e. The first kappa shape index (κ1) is 14.6. The van der Waals surface area contributed by atoms with Gasteiger partial charge in [0.25, 0.3) is 0 Å². The molecule has 23 heavy (non-hydrogen) atoms. The number of likely N-dealkylation sites (tertiary alicyclic amines) is 1. The monoisotopic (exact) mass is 313 g/mol. The molecule has 0 unspecified atom stereocenters. The molecule has 2 aromatic heterocycles. The van der Waals surface area contributed by atoms with Crippen LogP contribution < -0.4 is 5.32 Å². The summed E-state index contributed by atoms with van der Waals surface area (Å²) < 4.78 is 2.02. The van der Waals surface area contributed by atoms with Gasteiger partial charge >= 0.3 is 0 Å². The molecule has 3 heterocycles. The van der Waals surface area contributed by atoms with Gasteiger partial charge in [0.1, 0.15) is 5.82 Å². The first-order valence-corrected chi connectivity index (χ1v) is 8.44. The van der Waals surface area contributed by atoms with Crippen molar-refractivity contribution in [3.63, 3.8) is 0 Å². The molecule has 0 aromatic carbocycles. The van der Waals surface area contributed by atoms with E-state index in [-0.39, 0.29) is 0 Å². The number of nitrogens with one attached hydrogen (secondary N) is 1. The quantitative estimate of drug-likeness (QED) is 0.874. The zero-order valence-corrected chi connectivity index (χ0v) is 13.5. The van der Waals surface area contributed by atoms with Crippen LogP contribution in [-0.4, -0.2) is 49.7 Å². The fourth-order valence-electron chi connectivity index (χ4n) is 3.23. The van der Waals surface area contributed by atoms with Gasteiger partial charge in [0.15, 0.2) is 5.82 Å². The van der Waals surface area contributed by atoms with E-state index in [9.17, 15) is 0 Å². The SMILES string of the molecule is Cc1cccc(NC[C@@H]2CCN(Cc3nnnn3C3CC3)C2)n1. The van der Waals surface area contributed by atoms with Crippen molar-refractivity contribution in [2.24, 2.45) is 5.92 Å². The Morgan fingerprint density at radius 2 is 2.17 bits per heavy atom. The van der Waals surface area contributed by atoms with Gasteiger partial charge in [0.2, 0.25) is 0 Å². The molecule has 1 aliphatic heterocycles. The Balaban J connectivity index is 1.28. The molecule has 1 saturated heterocycles. The van der Waals surface area contributed by atoms with Crippen molar-refractivity contribution < 1.29 is 0 Å². The number of hydrogen-bond donors (Lipinski definition) is 1. The second-order valence-electron chi connectivity index (χ2n) is 6.71. The van der Waals surface area contributed by atoms with E-state index in [4.69, 9.17) is 0 Å². The van der Waals surface area contributed by atoms with E-state index in [2.05, 4.69) is 30.7 Å². The maximum atomic E-state index is 4.50. The van der Waals surface area contributed by atoms with E-state index in [1.54, 1.807) is 0 Å². The predicted molar refractivity (Wildman–Crippen MR) is 86.9 cm³/mol. The minimum absolute atomic E-state index is 0.549. The zero-order valence-electron chi connectivity index (χ0n) is 13.5. The molecule has 7 nitrogen and oxygen atoms in total. The number of anilines is 1. The maximum Gasteiger partial charge on any atom is 0.165 e. The molecule has 4 rings (SSSR count). The van der Waals surface area contributed by atoms with Gasteiger partial charge in [-0.2, -0.15) is 0 Å². The van der Waals surface area contributed by atoms with E-state index in [1.807, 2.05) is 29.8 Å². The van der Waals surface area contributed by atoms with Crippen LogP contribution in [0.15, 0.2) is 18.2 Å². The molecule has 0 radical (unpaired) electrons. The summed E-state index contributed by atoms with van der Waals surface area (Å²) in [6, 6.07) is 6.65. The Bertz CT molecular complexity index is 664. The van der Waals surface area contributed by atoms with E-state index in [0.717, 1.165) is 43.5 Å². The van der Waals surface area contributed by atoms with Crippen LogP contribution in [0, 0.1) is 12.8 Å². The Morgan fingerprint density at radius 3 is 3.00 bits per heavy atom. The number of aromatic nitrogens is 5. The third kappa shape index (κ3) is 3.50. The molecule has 0 bridgehead atoms. The molecule has 0 amide bonds. The largest absolute Gasteiger partial charge is 0.370 e. The Hall–Kier alpha value is -2.02. The number of tetrazole rings is 1. The van der Waals surface area contributed by atoms with Gasteiger partial charge in [-0.05, 0) is 61.2 Å². The molecule has 2 fully saturated rings. The average Bonchev–Trinajstić information content (AvgIpc) is 3.12. The Labute approximate surface area is 136 Å². The maximum absolute atomic E-state index is 4.50. The summed E-state index contributed by atoms with van der Waals surface area (Å²) in [6.07, 6.45) is 3.64. The molecule has 122 valence electrons. The van der Waals surface area contributed by atoms with Gasteiger partial charge in [0, 0.05) is 18.8 Å². The van der Waals surface area contributed by atoms with Crippen LogP contribution in [0.3, 0.4) is 0 Å². The number of nitrogens with zero attached hydrogens (tertiary/aromatic N) is 6. The van der Waals surface area contributed by atoms with Crippen molar-refractivity contribution in [2.45, 2.75) is 38.8 Å². The van der Waals surface area contributed by atoms with Crippen LogP contribution >= 0.6 is 0 Å². The molecular formula is C16H23N7. The lowest BCUT2D eigenvalue weighted by molar-refractivity contribution is 0.302. The molecule has 2 aromatic rings. The highest BCUT2D eigenvalue weighted by Crippen LogP contribution is 2.34. The van der Waals surface area contributed by atoms with Crippen molar-refractivity contribution in [3.8, 4) is 0 Å². The summed E-state index contributed by atoms with van der Waals surface area (Å²) in [5.41, 5.74) is 1.05. The first-order valence-electron chi connectivity index (χ1n) is 8.44. The highest BCUT2D eigenvalue weighted by Gasteiger charge is 2.29. The Morgan fingerprint density at radius 1 is 1.26 bits per heavy atom. The summed E-state index contributed by atoms with van der Waals surface area (Å²) in [6.45, 7) is 6.07. The topological polar surface area (TPSA) is 71.8 Å². The minimum atomic E-state index is 0.549. The predicted octanol–water partition coefficient (Wildman–Crippen LogP) is 1.65. The van der Waals surface area contributed by atoms with Gasteiger partial charge in [-0.3, -0.25) is 4.90 Å². The van der Waals surface area contributed by atoms with Crippen molar-refractivity contribution >= 4 is 5.82 Å². The lowest BCUT2D eigenvalue weighted by Gasteiger charge is -2.16.